The van der Waals surface area contributed by atoms with Crippen molar-refractivity contribution in [3.8, 4) is 0 Å². The van der Waals surface area contributed by atoms with Crippen LogP contribution in [0.1, 0.15) is 40.0 Å². The van der Waals surface area contributed by atoms with Crippen LogP contribution in [-0.2, 0) is 15.0 Å². The second-order valence-electron chi connectivity index (χ2n) is 4.53. The SMILES string of the molecule is CCCCN(C)S(=O)(=O)N(CCC(=O)O)C(C)C. The predicted molar refractivity (Wildman–Crippen MR) is 70.6 cm³/mol. The van der Waals surface area contributed by atoms with Crippen molar-refractivity contribution in [3.05, 3.63) is 0 Å². The molecule has 6 nitrogen and oxygen atoms in total. The summed E-state index contributed by atoms with van der Waals surface area (Å²) in [4.78, 5) is 10.6. The first-order valence-electron chi connectivity index (χ1n) is 6.18. The minimum absolute atomic E-state index is 0.00575. The van der Waals surface area contributed by atoms with E-state index in [1.807, 2.05) is 6.92 Å². The standard InChI is InChI=1S/C11H24N2O4S/c1-5-6-8-12(4)18(16,17)13(10(2)3)9-7-11(14)15/h10H,5-9H2,1-4H3,(H,14,15). The van der Waals surface area contributed by atoms with Gasteiger partial charge in [0.25, 0.3) is 10.2 Å². The summed E-state index contributed by atoms with van der Waals surface area (Å²) in [6, 6.07) is -0.251. The van der Waals surface area contributed by atoms with E-state index in [4.69, 9.17) is 5.11 Å². The van der Waals surface area contributed by atoms with Crippen molar-refractivity contribution in [1.82, 2.24) is 8.61 Å². The van der Waals surface area contributed by atoms with Gasteiger partial charge in [0.1, 0.15) is 0 Å². The molecule has 0 saturated carbocycles. The van der Waals surface area contributed by atoms with Gasteiger partial charge in [-0.3, -0.25) is 4.79 Å². The third kappa shape index (κ3) is 5.32. The topological polar surface area (TPSA) is 77.9 Å². The monoisotopic (exact) mass is 280 g/mol. The molecule has 0 aliphatic rings. The maximum Gasteiger partial charge on any atom is 0.304 e. The Morgan fingerprint density at radius 3 is 2.22 bits per heavy atom. The Hall–Kier alpha value is -0.660. The highest BCUT2D eigenvalue weighted by molar-refractivity contribution is 7.86. The van der Waals surface area contributed by atoms with Gasteiger partial charge in [-0.1, -0.05) is 13.3 Å². The van der Waals surface area contributed by atoms with Crippen LogP contribution in [0.15, 0.2) is 0 Å². The number of nitrogens with zero attached hydrogens (tertiary/aromatic N) is 2. The molecule has 0 aromatic carbocycles. The van der Waals surface area contributed by atoms with Crippen LogP contribution < -0.4 is 0 Å². The molecule has 0 aliphatic heterocycles. The molecule has 0 rings (SSSR count). The van der Waals surface area contributed by atoms with E-state index >= 15 is 0 Å². The number of hydrogen-bond donors (Lipinski definition) is 1. The number of carboxylic acid groups (broad SMARTS) is 1. The fourth-order valence-corrected chi connectivity index (χ4v) is 3.09. The third-order valence-corrected chi connectivity index (χ3v) is 4.81. The first-order chi connectivity index (χ1) is 8.23. The molecule has 0 fully saturated rings. The maximum absolute atomic E-state index is 12.2. The van der Waals surface area contributed by atoms with Crippen LogP contribution in [0.3, 0.4) is 0 Å². The summed E-state index contributed by atoms with van der Waals surface area (Å²) < 4.78 is 27.0. The van der Waals surface area contributed by atoms with Crippen LogP contribution in [0, 0.1) is 0 Å². The number of hydrogen-bond acceptors (Lipinski definition) is 3. The molecule has 0 unspecified atom stereocenters. The van der Waals surface area contributed by atoms with Crippen LogP contribution in [0.25, 0.3) is 0 Å². The Kier molecular flexibility index (Phi) is 7.42. The molecule has 0 aliphatic carbocycles. The zero-order valence-corrected chi connectivity index (χ0v) is 12.4. The minimum atomic E-state index is -3.56. The smallest absolute Gasteiger partial charge is 0.304 e. The predicted octanol–water partition coefficient (Wildman–Crippen LogP) is 1.15. The second-order valence-corrected chi connectivity index (χ2v) is 6.52. The number of rotatable bonds is 9. The number of carboxylic acids is 1. The van der Waals surface area contributed by atoms with Crippen molar-refractivity contribution in [3.63, 3.8) is 0 Å². The molecule has 0 heterocycles. The Morgan fingerprint density at radius 2 is 1.83 bits per heavy atom. The van der Waals surface area contributed by atoms with Crippen LogP contribution in [0.4, 0.5) is 0 Å². The molecule has 0 bridgehead atoms. The van der Waals surface area contributed by atoms with E-state index in [0.29, 0.717) is 6.54 Å². The lowest BCUT2D eigenvalue weighted by Gasteiger charge is -2.30. The molecule has 0 atom stereocenters. The van der Waals surface area contributed by atoms with Crippen molar-refractivity contribution in [2.75, 3.05) is 20.1 Å². The van der Waals surface area contributed by atoms with Gasteiger partial charge < -0.3 is 5.11 Å². The number of unbranched alkanes of at least 4 members (excludes halogenated alkanes) is 1. The quantitative estimate of drug-likeness (QED) is 0.687. The first kappa shape index (κ1) is 17.3. The van der Waals surface area contributed by atoms with Crippen LogP contribution >= 0.6 is 0 Å². The van der Waals surface area contributed by atoms with Crippen molar-refractivity contribution < 1.29 is 18.3 Å². The Labute approximate surface area is 110 Å². The average molecular weight is 280 g/mol. The maximum atomic E-state index is 12.2. The lowest BCUT2D eigenvalue weighted by atomic mass is 10.3. The Balaban J connectivity index is 4.80. The lowest BCUT2D eigenvalue weighted by Crippen LogP contribution is -2.46. The van der Waals surface area contributed by atoms with Crippen LogP contribution in [0.5, 0.6) is 0 Å². The summed E-state index contributed by atoms with van der Waals surface area (Å²) in [5.41, 5.74) is 0. The molecular weight excluding hydrogens is 256 g/mol. The van der Waals surface area contributed by atoms with E-state index < -0.39 is 16.2 Å². The highest BCUT2D eigenvalue weighted by Crippen LogP contribution is 2.12. The van der Waals surface area contributed by atoms with Gasteiger partial charge in [0.2, 0.25) is 0 Å². The molecule has 7 heteroatoms. The molecular formula is C11H24N2O4S. The van der Waals surface area contributed by atoms with E-state index in [-0.39, 0.29) is 19.0 Å². The highest BCUT2D eigenvalue weighted by atomic mass is 32.2. The van der Waals surface area contributed by atoms with E-state index in [2.05, 4.69) is 0 Å². The molecule has 0 saturated heterocycles. The molecule has 18 heavy (non-hydrogen) atoms. The lowest BCUT2D eigenvalue weighted by molar-refractivity contribution is -0.137. The van der Waals surface area contributed by atoms with Gasteiger partial charge in [-0.05, 0) is 20.3 Å². The van der Waals surface area contributed by atoms with Gasteiger partial charge in [0.05, 0.1) is 6.42 Å². The van der Waals surface area contributed by atoms with Crippen molar-refractivity contribution in [1.29, 1.82) is 0 Å². The normalized spacial score (nSPS) is 12.6. The highest BCUT2D eigenvalue weighted by Gasteiger charge is 2.29. The molecule has 1 N–H and O–H groups in total. The fourth-order valence-electron chi connectivity index (χ4n) is 1.52. The number of carbonyl (C=O) groups is 1. The van der Waals surface area contributed by atoms with E-state index in [0.717, 1.165) is 12.8 Å². The summed E-state index contributed by atoms with van der Waals surface area (Å²) in [6.45, 7) is 5.94. The number of aliphatic carboxylic acids is 1. The minimum Gasteiger partial charge on any atom is -0.481 e. The molecule has 0 radical (unpaired) electrons. The summed E-state index contributed by atoms with van der Waals surface area (Å²) in [5, 5.41) is 8.65. The first-order valence-corrected chi connectivity index (χ1v) is 7.58. The average Bonchev–Trinajstić information content (AvgIpc) is 2.24. The van der Waals surface area contributed by atoms with E-state index in [1.54, 1.807) is 13.8 Å². The van der Waals surface area contributed by atoms with Crippen molar-refractivity contribution in [2.24, 2.45) is 0 Å². The molecule has 108 valence electrons. The second kappa shape index (κ2) is 7.70. The summed E-state index contributed by atoms with van der Waals surface area (Å²) in [5.74, 6) is -0.993. The fraction of sp³-hybridized carbons (Fsp3) is 0.909. The Morgan fingerprint density at radius 1 is 1.28 bits per heavy atom. The van der Waals surface area contributed by atoms with Gasteiger partial charge in [0, 0.05) is 26.2 Å². The zero-order chi connectivity index (χ0) is 14.3. The van der Waals surface area contributed by atoms with E-state index in [1.165, 1.54) is 15.7 Å². The molecule has 0 aromatic heterocycles. The molecule has 0 spiro atoms. The third-order valence-electron chi connectivity index (χ3n) is 2.64. The van der Waals surface area contributed by atoms with Crippen molar-refractivity contribution >= 4 is 16.2 Å². The molecule has 0 amide bonds. The van der Waals surface area contributed by atoms with Gasteiger partial charge in [-0.25, -0.2) is 0 Å². The van der Waals surface area contributed by atoms with Gasteiger partial charge >= 0.3 is 5.97 Å². The summed E-state index contributed by atoms with van der Waals surface area (Å²) in [6.07, 6.45) is 1.52. The summed E-state index contributed by atoms with van der Waals surface area (Å²) >= 11 is 0. The zero-order valence-electron chi connectivity index (χ0n) is 11.6. The van der Waals surface area contributed by atoms with Gasteiger partial charge in [0.15, 0.2) is 0 Å². The summed E-state index contributed by atoms with van der Waals surface area (Å²) in [7, 11) is -2.04. The molecule has 0 aromatic rings. The van der Waals surface area contributed by atoms with Crippen LogP contribution in [0.2, 0.25) is 0 Å². The van der Waals surface area contributed by atoms with Crippen LogP contribution in [-0.4, -0.2) is 54.3 Å². The van der Waals surface area contributed by atoms with Gasteiger partial charge in [-0.15, -0.1) is 0 Å². The van der Waals surface area contributed by atoms with Gasteiger partial charge in [-0.2, -0.15) is 17.0 Å². The van der Waals surface area contributed by atoms with Crippen molar-refractivity contribution in [2.45, 2.75) is 46.1 Å². The van der Waals surface area contributed by atoms with E-state index in [9.17, 15) is 13.2 Å². The largest absolute Gasteiger partial charge is 0.481 e. The Bertz CT molecular complexity index is 354.